The van der Waals surface area contributed by atoms with Crippen molar-refractivity contribution in [2.45, 2.75) is 57.3 Å². The minimum absolute atomic E-state index is 0.0576. The molecule has 6 unspecified atom stereocenters. The first-order valence-electron chi connectivity index (χ1n) is 9.45. The maximum Gasteiger partial charge on any atom is 0.225 e. The second-order valence-electron chi connectivity index (χ2n) is 8.14. The molecule has 1 aliphatic heterocycles. The second kappa shape index (κ2) is 6.49. The number of hydrogen-bond acceptors (Lipinski definition) is 3. The lowest BCUT2D eigenvalue weighted by Crippen LogP contribution is -2.48. The SMILES string of the molecule is CC1CC(NC(=O)C2C3CCC(C3)C2N)CN1Cc1ccccc1. The van der Waals surface area contributed by atoms with Gasteiger partial charge in [-0.05, 0) is 50.0 Å². The van der Waals surface area contributed by atoms with Crippen molar-refractivity contribution < 1.29 is 4.79 Å². The van der Waals surface area contributed by atoms with Crippen molar-refractivity contribution in [1.82, 2.24) is 10.2 Å². The summed E-state index contributed by atoms with van der Waals surface area (Å²) >= 11 is 0. The smallest absolute Gasteiger partial charge is 0.225 e. The number of nitrogens with two attached hydrogens (primary N) is 1. The first kappa shape index (κ1) is 16.1. The fraction of sp³-hybridized carbons (Fsp3) is 0.650. The third-order valence-corrected chi connectivity index (χ3v) is 6.56. The van der Waals surface area contributed by atoms with Crippen LogP contribution in [0.1, 0.15) is 38.2 Å². The maximum atomic E-state index is 12.8. The molecule has 1 aromatic carbocycles. The van der Waals surface area contributed by atoms with Gasteiger partial charge < -0.3 is 11.1 Å². The van der Waals surface area contributed by atoms with Crippen LogP contribution >= 0.6 is 0 Å². The Morgan fingerprint density at radius 3 is 2.67 bits per heavy atom. The Kier molecular flexibility index (Phi) is 4.35. The molecule has 3 aliphatic rings. The van der Waals surface area contributed by atoms with Crippen molar-refractivity contribution in [3.05, 3.63) is 35.9 Å². The van der Waals surface area contributed by atoms with Crippen LogP contribution in [0.5, 0.6) is 0 Å². The van der Waals surface area contributed by atoms with Gasteiger partial charge in [-0.3, -0.25) is 9.69 Å². The number of carbonyl (C=O) groups excluding carboxylic acids is 1. The van der Waals surface area contributed by atoms with E-state index in [9.17, 15) is 4.79 Å². The fourth-order valence-electron chi connectivity index (χ4n) is 5.26. The van der Waals surface area contributed by atoms with E-state index in [0.717, 1.165) is 19.5 Å². The number of hydrogen-bond donors (Lipinski definition) is 2. The summed E-state index contributed by atoms with van der Waals surface area (Å²) in [5, 5.41) is 3.32. The minimum atomic E-state index is 0.0576. The highest BCUT2D eigenvalue weighted by Gasteiger charge is 2.49. The number of benzene rings is 1. The van der Waals surface area contributed by atoms with Gasteiger partial charge in [0.05, 0.1) is 5.92 Å². The Morgan fingerprint density at radius 2 is 1.96 bits per heavy atom. The Bertz CT molecular complexity index is 588. The molecular weight excluding hydrogens is 298 g/mol. The van der Waals surface area contributed by atoms with Crippen LogP contribution in [0.4, 0.5) is 0 Å². The van der Waals surface area contributed by atoms with Gasteiger partial charge >= 0.3 is 0 Å². The highest BCUT2D eigenvalue weighted by Crippen LogP contribution is 2.47. The molecule has 0 aromatic heterocycles. The quantitative estimate of drug-likeness (QED) is 0.891. The molecule has 4 rings (SSSR count). The predicted octanol–water partition coefficient (Wildman–Crippen LogP) is 2.14. The van der Waals surface area contributed by atoms with Crippen molar-refractivity contribution >= 4 is 5.91 Å². The summed E-state index contributed by atoms with van der Waals surface area (Å²) in [6.45, 7) is 4.16. The third kappa shape index (κ3) is 2.98. The molecule has 2 bridgehead atoms. The lowest BCUT2D eigenvalue weighted by Gasteiger charge is -2.28. The van der Waals surface area contributed by atoms with Gasteiger partial charge in [0.1, 0.15) is 0 Å². The van der Waals surface area contributed by atoms with Gasteiger partial charge in [0.25, 0.3) is 0 Å². The first-order valence-corrected chi connectivity index (χ1v) is 9.45. The van der Waals surface area contributed by atoms with Crippen molar-refractivity contribution in [2.24, 2.45) is 23.5 Å². The Morgan fingerprint density at radius 1 is 1.21 bits per heavy atom. The highest BCUT2D eigenvalue weighted by molar-refractivity contribution is 5.80. The van der Waals surface area contributed by atoms with E-state index in [2.05, 4.69) is 47.5 Å². The van der Waals surface area contributed by atoms with Gasteiger partial charge in [-0.1, -0.05) is 30.3 Å². The van der Waals surface area contributed by atoms with E-state index in [1.54, 1.807) is 0 Å². The summed E-state index contributed by atoms with van der Waals surface area (Å²) in [6, 6.07) is 11.4. The van der Waals surface area contributed by atoms with Gasteiger partial charge in [0.15, 0.2) is 0 Å². The first-order chi connectivity index (χ1) is 11.6. The second-order valence-corrected chi connectivity index (χ2v) is 8.14. The summed E-state index contributed by atoms with van der Waals surface area (Å²) in [4.78, 5) is 15.2. The molecule has 130 valence electrons. The third-order valence-electron chi connectivity index (χ3n) is 6.56. The molecule has 2 saturated carbocycles. The Balaban J connectivity index is 1.34. The molecule has 4 heteroatoms. The van der Waals surface area contributed by atoms with Gasteiger partial charge in [0, 0.05) is 31.2 Å². The fourth-order valence-corrected chi connectivity index (χ4v) is 5.26. The molecule has 4 nitrogen and oxygen atoms in total. The van der Waals surface area contributed by atoms with Crippen LogP contribution in [-0.4, -0.2) is 35.5 Å². The van der Waals surface area contributed by atoms with Crippen LogP contribution < -0.4 is 11.1 Å². The zero-order valence-corrected chi connectivity index (χ0v) is 14.5. The largest absolute Gasteiger partial charge is 0.352 e. The standard InChI is InChI=1S/C20H29N3O/c1-13-9-17(12-23(13)11-14-5-3-2-4-6-14)22-20(24)18-15-7-8-16(10-15)19(18)21/h2-6,13,15-19H,7-12,21H2,1H3,(H,22,24). The summed E-state index contributed by atoms with van der Waals surface area (Å²) in [6.07, 6.45) is 4.62. The Labute approximate surface area is 144 Å². The number of nitrogens with one attached hydrogen (secondary N) is 1. The summed E-state index contributed by atoms with van der Waals surface area (Å²) in [7, 11) is 0. The van der Waals surface area contributed by atoms with E-state index in [0.29, 0.717) is 17.9 Å². The molecule has 1 saturated heterocycles. The number of likely N-dealkylation sites (tertiary alicyclic amines) is 1. The molecule has 1 aromatic rings. The maximum absolute atomic E-state index is 12.8. The number of carbonyl (C=O) groups is 1. The van der Waals surface area contributed by atoms with Gasteiger partial charge in [-0.25, -0.2) is 0 Å². The van der Waals surface area contributed by atoms with Crippen molar-refractivity contribution in [3.8, 4) is 0 Å². The average molecular weight is 327 g/mol. The molecule has 1 amide bonds. The van der Waals surface area contributed by atoms with Crippen molar-refractivity contribution in [2.75, 3.05) is 6.54 Å². The Hall–Kier alpha value is -1.39. The molecule has 24 heavy (non-hydrogen) atoms. The molecule has 0 radical (unpaired) electrons. The molecule has 1 heterocycles. The number of amides is 1. The highest BCUT2D eigenvalue weighted by atomic mass is 16.2. The van der Waals surface area contributed by atoms with Crippen LogP contribution in [0.3, 0.4) is 0 Å². The van der Waals surface area contributed by atoms with E-state index in [1.165, 1.54) is 24.8 Å². The van der Waals surface area contributed by atoms with Gasteiger partial charge in [-0.15, -0.1) is 0 Å². The molecule has 2 aliphatic carbocycles. The van der Waals surface area contributed by atoms with E-state index in [1.807, 2.05) is 0 Å². The van der Waals surface area contributed by atoms with E-state index in [-0.39, 0.29) is 23.9 Å². The molecule has 3 fully saturated rings. The predicted molar refractivity (Wildman–Crippen MR) is 95.2 cm³/mol. The van der Waals surface area contributed by atoms with E-state index >= 15 is 0 Å². The zero-order chi connectivity index (χ0) is 16.7. The molecule has 3 N–H and O–H groups in total. The lowest BCUT2D eigenvalue weighted by molar-refractivity contribution is -0.127. The van der Waals surface area contributed by atoms with E-state index in [4.69, 9.17) is 5.73 Å². The minimum Gasteiger partial charge on any atom is -0.352 e. The molecule has 6 atom stereocenters. The summed E-state index contributed by atoms with van der Waals surface area (Å²) in [5.74, 6) is 1.39. The van der Waals surface area contributed by atoms with Crippen molar-refractivity contribution in [3.63, 3.8) is 0 Å². The van der Waals surface area contributed by atoms with Crippen LogP contribution in [-0.2, 0) is 11.3 Å². The number of nitrogens with zero attached hydrogens (tertiary/aromatic N) is 1. The van der Waals surface area contributed by atoms with Gasteiger partial charge in [0.2, 0.25) is 5.91 Å². The van der Waals surface area contributed by atoms with Crippen molar-refractivity contribution in [1.29, 1.82) is 0 Å². The van der Waals surface area contributed by atoms with Gasteiger partial charge in [-0.2, -0.15) is 0 Å². The van der Waals surface area contributed by atoms with E-state index < -0.39 is 0 Å². The van der Waals surface area contributed by atoms with Crippen LogP contribution in [0.25, 0.3) is 0 Å². The monoisotopic (exact) mass is 327 g/mol. The summed E-state index contributed by atoms with van der Waals surface area (Å²) in [5.41, 5.74) is 7.66. The lowest BCUT2D eigenvalue weighted by atomic mass is 9.84. The van der Waals surface area contributed by atoms with Crippen LogP contribution in [0.2, 0.25) is 0 Å². The number of rotatable bonds is 4. The molecular formula is C20H29N3O. The van der Waals surface area contributed by atoms with Crippen LogP contribution in [0.15, 0.2) is 30.3 Å². The topological polar surface area (TPSA) is 58.4 Å². The van der Waals surface area contributed by atoms with Crippen LogP contribution in [0, 0.1) is 17.8 Å². The normalized spacial score (nSPS) is 38.6. The average Bonchev–Trinajstić information content (AvgIpc) is 3.24. The number of fused-ring (bicyclic) bond motifs is 2. The molecule has 0 spiro atoms. The zero-order valence-electron chi connectivity index (χ0n) is 14.5. The summed E-state index contributed by atoms with van der Waals surface area (Å²) < 4.78 is 0.